The zero-order chi connectivity index (χ0) is 17.4. The summed E-state index contributed by atoms with van der Waals surface area (Å²) >= 11 is 0. The normalized spacial score (nSPS) is 14.2. The van der Waals surface area contributed by atoms with E-state index in [1.54, 1.807) is 0 Å². The lowest BCUT2D eigenvalue weighted by molar-refractivity contribution is 0.379. The van der Waals surface area contributed by atoms with Gasteiger partial charge in [0.25, 0.3) is 0 Å². The Morgan fingerprint density at radius 2 is 1.96 bits per heavy atom. The summed E-state index contributed by atoms with van der Waals surface area (Å²) < 4.78 is 5.29. The summed E-state index contributed by atoms with van der Waals surface area (Å²) in [6, 6.07) is 12.7. The highest BCUT2D eigenvalue weighted by molar-refractivity contribution is 5.80. The van der Waals surface area contributed by atoms with Crippen molar-refractivity contribution >= 4 is 5.96 Å². The van der Waals surface area contributed by atoms with Crippen LogP contribution in [-0.4, -0.2) is 23.7 Å². The Labute approximate surface area is 144 Å². The van der Waals surface area contributed by atoms with Crippen LogP contribution in [0.4, 0.5) is 0 Å². The highest BCUT2D eigenvalue weighted by Crippen LogP contribution is 2.18. The van der Waals surface area contributed by atoms with Gasteiger partial charge >= 0.3 is 0 Å². The van der Waals surface area contributed by atoms with Crippen molar-refractivity contribution < 1.29 is 4.52 Å². The molecule has 0 fully saturated rings. The fraction of sp³-hybridized carbons (Fsp3) is 0.474. The van der Waals surface area contributed by atoms with Crippen LogP contribution in [0.1, 0.15) is 50.6 Å². The van der Waals surface area contributed by atoms with Gasteiger partial charge in [-0.2, -0.15) is 0 Å². The van der Waals surface area contributed by atoms with E-state index in [0.717, 1.165) is 30.4 Å². The molecule has 1 aromatic heterocycles. The van der Waals surface area contributed by atoms with Crippen LogP contribution in [0.25, 0.3) is 0 Å². The minimum atomic E-state index is 0.256. The number of nitrogens with zero attached hydrogens (tertiary/aromatic N) is 2. The maximum absolute atomic E-state index is 5.29. The number of rotatable bonds is 7. The second-order valence-corrected chi connectivity index (χ2v) is 5.97. The lowest BCUT2D eigenvalue weighted by atomic mass is 9.94. The van der Waals surface area contributed by atoms with Gasteiger partial charge in [0.05, 0.1) is 5.69 Å². The number of hydrogen-bond acceptors (Lipinski definition) is 3. The second kappa shape index (κ2) is 9.11. The molecule has 24 heavy (non-hydrogen) atoms. The van der Waals surface area contributed by atoms with Gasteiger partial charge in [0.1, 0.15) is 6.54 Å². The van der Waals surface area contributed by atoms with Crippen molar-refractivity contribution in [2.45, 2.75) is 52.6 Å². The van der Waals surface area contributed by atoms with Crippen LogP contribution < -0.4 is 10.6 Å². The molecule has 0 aliphatic carbocycles. The highest BCUT2D eigenvalue weighted by atomic mass is 16.5. The number of hydrogen-bond donors (Lipinski definition) is 2. The van der Waals surface area contributed by atoms with Crippen LogP contribution in [0, 0.1) is 0 Å². The molecule has 5 heteroatoms. The monoisotopic (exact) mass is 328 g/mol. The Balaban J connectivity index is 2.00. The van der Waals surface area contributed by atoms with E-state index in [1.807, 2.05) is 12.1 Å². The molecule has 5 nitrogen and oxygen atoms in total. The van der Waals surface area contributed by atoms with Crippen molar-refractivity contribution in [1.82, 2.24) is 15.8 Å². The van der Waals surface area contributed by atoms with Crippen LogP contribution in [0.5, 0.6) is 0 Å². The molecule has 1 heterocycles. The summed E-state index contributed by atoms with van der Waals surface area (Å²) in [7, 11) is 0. The molecule has 0 spiro atoms. The van der Waals surface area contributed by atoms with Gasteiger partial charge in [-0.3, -0.25) is 0 Å². The third-order valence-corrected chi connectivity index (χ3v) is 4.15. The molecule has 0 radical (unpaired) electrons. The topological polar surface area (TPSA) is 62.5 Å². The van der Waals surface area contributed by atoms with Crippen molar-refractivity contribution in [2.75, 3.05) is 6.54 Å². The average molecular weight is 328 g/mol. The van der Waals surface area contributed by atoms with E-state index in [1.165, 1.54) is 5.56 Å². The molecule has 2 atom stereocenters. The average Bonchev–Trinajstić information content (AvgIpc) is 3.08. The number of benzene rings is 1. The molecule has 2 unspecified atom stereocenters. The predicted molar refractivity (Wildman–Crippen MR) is 98.2 cm³/mol. The molecule has 2 rings (SSSR count). The molecule has 130 valence electrons. The Morgan fingerprint density at radius 3 is 2.58 bits per heavy atom. The van der Waals surface area contributed by atoms with Gasteiger partial charge in [-0.15, -0.1) is 0 Å². The lowest BCUT2D eigenvalue weighted by Crippen LogP contribution is -2.44. The molecule has 2 aromatic rings. The van der Waals surface area contributed by atoms with E-state index in [4.69, 9.17) is 4.52 Å². The summed E-state index contributed by atoms with van der Waals surface area (Å²) in [5, 5.41) is 10.8. The first-order valence-electron chi connectivity index (χ1n) is 8.68. The maximum atomic E-state index is 5.29. The lowest BCUT2D eigenvalue weighted by Gasteiger charge is -2.24. The summed E-state index contributed by atoms with van der Waals surface area (Å²) in [6.07, 6.45) is 0.872. The summed E-state index contributed by atoms with van der Waals surface area (Å²) in [6.45, 7) is 9.81. The van der Waals surface area contributed by atoms with Crippen LogP contribution in [-0.2, 0) is 13.0 Å². The van der Waals surface area contributed by atoms with Gasteiger partial charge in [0, 0.05) is 24.6 Å². The van der Waals surface area contributed by atoms with Gasteiger partial charge in [-0.1, -0.05) is 49.3 Å². The predicted octanol–water partition coefficient (Wildman–Crippen LogP) is 3.48. The van der Waals surface area contributed by atoms with E-state index in [2.05, 4.69) is 72.7 Å². The first-order chi connectivity index (χ1) is 11.6. The molecule has 2 N–H and O–H groups in total. The van der Waals surface area contributed by atoms with E-state index < -0.39 is 0 Å². The Morgan fingerprint density at radius 1 is 1.21 bits per heavy atom. The van der Waals surface area contributed by atoms with Crippen molar-refractivity contribution in [3.8, 4) is 0 Å². The molecule has 0 aliphatic rings. The van der Waals surface area contributed by atoms with E-state index in [0.29, 0.717) is 12.5 Å². The van der Waals surface area contributed by atoms with Crippen molar-refractivity contribution in [3.63, 3.8) is 0 Å². The minimum Gasteiger partial charge on any atom is -0.359 e. The quantitative estimate of drug-likeness (QED) is 0.603. The van der Waals surface area contributed by atoms with Crippen molar-refractivity contribution in [3.05, 3.63) is 53.4 Å². The fourth-order valence-electron chi connectivity index (χ4n) is 2.46. The third kappa shape index (κ3) is 5.11. The zero-order valence-electron chi connectivity index (χ0n) is 15.0. The molecular weight excluding hydrogens is 300 g/mol. The number of guanidine groups is 1. The molecule has 0 amide bonds. The molecular formula is C19H28N4O. The van der Waals surface area contributed by atoms with Gasteiger partial charge in [0.2, 0.25) is 0 Å². The smallest absolute Gasteiger partial charge is 0.191 e. The highest BCUT2D eigenvalue weighted by Gasteiger charge is 2.15. The van der Waals surface area contributed by atoms with Gasteiger partial charge in [-0.25, -0.2) is 4.99 Å². The molecule has 0 saturated heterocycles. The summed E-state index contributed by atoms with van der Waals surface area (Å²) in [5.41, 5.74) is 2.28. The number of aryl methyl sites for hydroxylation is 1. The minimum absolute atomic E-state index is 0.256. The van der Waals surface area contributed by atoms with Crippen LogP contribution in [0.3, 0.4) is 0 Å². The summed E-state index contributed by atoms with van der Waals surface area (Å²) in [5.74, 6) is 1.96. The first kappa shape index (κ1) is 18.0. The maximum Gasteiger partial charge on any atom is 0.191 e. The first-order valence-corrected chi connectivity index (χ1v) is 8.68. The SMILES string of the molecule is CCNC(=NCc1cc(CC)no1)NC(C)C(C)c1ccccc1. The second-order valence-electron chi connectivity index (χ2n) is 5.97. The van der Waals surface area contributed by atoms with E-state index in [9.17, 15) is 0 Å². The number of aliphatic imine (C=N–C) groups is 1. The number of nitrogens with one attached hydrogen (secondary N) is 2. The van der Waals surface area contributed by atoms with Crippen LogP contribution >= 0.6 is 0 Å². The molecule has 1 aromatic carbocycles. The Hall–Kier alpha value is -2.30. The largest absolute Gasteiger partial charge is 0.359 e. The molecule has 0 saturated carbocycles. The summed E-state index contributed by atoms with van der Waals surface area (Å²) in [4.78, 5) is 4.61. The molecule has 0 aliphatic heterocycles. The Kier molecular flexibility index (Phi) is 6.85. The zero-order valence-corrected chi connectivity index (χ0v) is 15.0. The van der Waals surface area contributed by atoms with Crippen LogP contribution in [0.2, 0.25) is 0 Å². The molecule has 0 bridgehead atoms. The van der Waals surface area contributed by atoms with E-state index >= 15 is 0 Å². The van der Waals surface area contributed by atoms with Gasteiger partial charge in [-0.05, 0) is 25.8 Å². The van der Waals surface area contributed by atoms with Crippen molar-refractivity contribution in [1.29, 1.82) is 0 Å². The van der Waals surface area contributed by atoms with E-state index in [-0.39, 0.29) is 6.04 Å². The fourth-order valence-corrected chi connectivity index (χ4v) is 2.46. The number of aromatic nitrogens is 1. The standard InChI is InChI=1S/C19H28N4O/c1-5-17-12-18(24-23-17)13-21-19(20-6-2)22-15(4)14(3)16-10-8-7-9-11-16/h7-12,14-15H,5-6,13H2,1-4H3,(H2,20,21,22). The van der Waals surface area contributed by atoms with Gasteiger partial charge in [0.15, 0.2) is 11.7 Å². The van der Waals surface area contributed by atoms with Crippen molar-refractivity contribution in [2.24, 2.45) is 4.99 Å². The van der Waals surface area contributed by atoms with Gasteiger partial charge < -0.3 is 15.2 Å². The Bertz CT molecular complexity index is 636. The van der Waals surface area contributed by atoms with Crippen LogP contribution in [0.15, 0.2) is 45.9 Å². The third-order valence-electron chi connectivity index (χ3n) is 4.15.